The van der Waals surface area contributed by atoms with Gasteiger partial charge in [-0.15, -0.1) is 0 Å². The molecule has 1 aliphatic carbocycles. The Hall–Kier alpha value is -1.36. The van der Waals surface area contributed by atoms with E-state index in [1.54, 1.807) is 13.1 Å². The molecule has 0 radical (unpaired) electrons. The second kappa shape index (κ2) is 4.65. The third kappa shape index (κ3) is 2.41. The molecule has 0 aliphatic heterocycles. The summed E-state index contributed by atoms with van der Waals surface area (Å²) >= 11 is 0. The fourth-order valence-corrected chi connectivity index (χ4v) is 1.67. The van der Waals surface area contributed by atoms with Gasteiger partial charge in [-0.2, -0.15) is 5.10 Å². The van der Waals surface area contributed by atoms with Gasteiger partial charge in [-0.25, -0.2) is 4.79 Å². The van der Waals surface area contributed by atoms with Crippen LogP contribution in [0.25, 0.3) is 0 Å². The first-order valence-corrected chi connectivity index (χ1v) is 5.65. The second-order valence-electron chi connectivity index (χ2n) is 4.19. The third-order valence-electron chi connectivity index (χ3n) is 2.86. The van der Waals surface area contributed by atoms with Crippen molar-refractivity contribution in [2.75, 3.05) is 6.61 Å². The number of hydrogen-bond acceptors (Lipinski definition) is 4. The fourth-order valence-electron chi connectivity index (χ4n) is 1.67. The van der Waals surface area contributed by atoms with Crippen molar-refractivity contribution in [2.24, 2.45) is 5.92 Å². The highest BCUT2D eigenvalue weighted by atomic mass is 16.5. The van der Waals surface area contributed by atoms with E-state index in [4.69, 9.17) is 4.74 Å². The van der Waals surface area contributed by atoms with Gasteiger partial charge in [0.15, 0.2) is 0 Å². The number of ether oxygens (including phenoxy) is 1. The molecule has 5 heteroatoms. The van der Waals surface area contributed by atoms with Crippen LogP contribution in [-0.4, -0.2) is 28.8 Å². The van der Waals surface area contributed by atoms with Crippen LogP contribution in [0.3, 0.4) is 0 Å². The molecule has 1 aliphatic rings. The molecule has 2 N–H and O–H groups in total. The maximum absolute atomic E-state index is 11.5. The quantitative estimate of drug-likeness (QED) is 0.733. The normalized spacial score (nSPS) is 23.1. The third-order valence-corrected chi connectivity index (χ3v) is 2.86. The number of carbonyl (C=O) groups excluding carboxylic acids is 1. The SMILES string of the molecule is CCOC(=O)c1[nH]ncc1CNC1CC1C. The van der Waals surface area contributed by atoms with E-state index in [2.05, 4.69) is 22.4 Å². The zero-order chi connectivity index (χ0) is 11.5. The zero-order valence-electron chi connectivity index (χ0n) is 9.62. The van der Waals surface area contributed by atoms with E-state index in [-0.39, 0.29) is 5.97 Å². The van der Waals surface area contributed by atoms with E-state index in [0.29, 0.717) is 24.9 Å². The first kappa shape index (κ1) is 11.1. The van der Waals surface area contributed by atoms with Gasteiger partial charge in [0.2, 0.25) is 0 Å². The maximum Gasteiger partial charge on any atom is 0.356 e. The van der Waals surface area contributed by atoms with Crippen LogP contribution in [0.15, 0.2) is 6.20 Å². The first-order chi connectivity index (χ1) is 7.72. The van der Waals surface area contributed by atoms with Crippen LogP contribution in [-0.2, 0) is 11.3 Å². The Labute approximate surface area is 94.6 Å². The van der Waals surface area contributed by atoms with E-state index in [9.17, 15) is 4.79 Å². The number of esters is 1. The lowest BCUT2D eigenvalue weighted by molar-refractivity contribution is 0.0518. The van der Waals surface area contributed by atoms with Gasteiger partial charge in [-0.05, 0) is 19.3 Å². The average molecular weight is 223 g/mol. The average Bonchev–Trinajstić information content (AvgIpc) is 2.80. The molecule has 2 atom stereocenters. The summed E-state index contributed by atoms with van der Waals surface area (Å²) in [5.74, 6) is 0.415. The lowest BCUT2D eigenvalue weighted by Crippen LogP contribution is -2.19. The summed E-state index contributed by atoms with van der Waals surface area (Å²) in [4.78, 5) is 11.5. The van der Waals surface area contributed by atoms with Crippen LogP contribution in [0.2, 0.25) is 0 Å². The van der Waals surface area contributed by atoms with Crippen LogP contribution >= 0.6 is 0 Å². The molecule has 0 amide bonds. The second-order valence-corrected chi connectivity index (χ2v) is 4.19. The number of H-pyrrole nitrogens is 1. The minimum absolute atomic E-state index is 0.333. The Morgan fingerprint density at radius 3 is 3.12 bits per heavy atom. The van der Waals surface area contributed by atoms with E-state index >= 15 is 0 Å². The molecule has 0 spiro atoms. The van der Waals surface area contributed by atoms with Crippen LogP contribution in [0.5, 0.6) is 0 Å². The summed E-state index contributed by atoms with van der Waals surface area (Å²) in [6.07, 6.45) is 2.89. The summed E-state index contributed by atoms with van der Waals surface area (Å²) in [5, 5.41) is 9.94. The molecule has 1 fully saturated rings. The van der Waals surface area contributed by atoms with Gasteiger partial charge >= 0.3 is 5.97 Å². The summed E-state index contributed by atoms with van der Waals surface area (Å²) in [5.41, 5.74) is 1.33. The lowest BCUT2D eigenvalue weighted by Gasteiger charge is -2.04. The molecular formula is C11H17N3O2. The van der Waals surface area contributed by atoms with Crippen molar-refractivity contribution in [3.8, 4) is 0 Å². The Kier molecular flexibility index (Phi) is 3.24. The Bertz CT molecular complexity index is 375. The van der Waals surface area contributed by atoms with Crippen LogP contribution in [0, 0.1) is 5.92 Å². The predicted octanol–water partition coefficient (Wildman–Crippen LogP) is 1.08. The number of aromatic nitrogens is 2. The monoisotopic (exact) mass is 223 g/mol. The molecule has 0 saturated heterocycles. The number of nitrogens with zero attached hydrogens (tertiary/aromatic N) is 1. The van der Waals surface area contributed by atoms with Crippen molar-refractivity contribution in [2.45, 2.75) is 32.9 Å². The summed E-state index contributed by atoms with van der Waals surface area (Å²) in [7, 11) is 0. The number of aromatic amines is 1. The summed E-state index contributed by atoms with van der Waals surface area (Å²) in [6.45, 7) is 5.04. The minimum atomic E-state index is -0.333. The zero-order valence-corrected chi connectivity index (χ0v) is 9.62. The standard InChI is InChI=1S/C11H17N3O2/c1-3-16-11(15)10-8(6-13-14-10)5-12-9-4-7(9)2/h6-7,9,12H,3-5H2,1-2H3,(H,13,14). The highest BCUT2D eigenvalue weighted by molar-refractivity contribution is 5.88. The molecule has 2 unspecified atom stereocenters. The number of carbonyl (C=O) groups is 1. The van der Waals surface area contributed by atoms with Crippen LogP contribution in [0.4, 0.5) is 0 Å². The topological polar surface area (TPSA) is 67.0 Å². The van der Waals surface area contributed by atoms with Crippen molar-refractivity contribution in [3.63, 3.8) is 0 Å². The maximum atomic E-state index is 11.5. The Morgan fingerprint density at radius 2 is 2.50 bits per heavy atom. The molecule has 2 rings (SSSR count). The largest absolute Gasteiger partial charge is 0.461 e. The molecule has 0 bridgehead atoms. The molecule has 1 aromatic heterocycles. The van der Waals surface area contributed by atoms with Gasteiger partial charge in [0, 0.05) is 18.2 Å². The first-order valence-electron chi connectivity index (χ1n) is 5.65. The molecule has 5 nitrogen and oxygen atoms in total. The van der Waals surface area contributed by atoms with Gasteiger partial charge in [-0.3, -0.25) is 5.10 Å². The van der Waals surface area contributed by atoms with Gasteiger partial charge < -0.3 is 10.1 Å². The Balaban J connectivity index is 1.93. The summed E-state index contributed by atoms with van der Waals surface area (Å²) < 4.78 is 4.93. The van der Waals surface area contributed by atoms with Crippen LogP contribution in [0.1, 0.15) is 36.3 Å². The highest BCUT2D eigenvalue weighted by Gasteiger charge is 2.32. The van der Waals surface area contributed by atoms with Crippen molar-refractivity contribution in [3.05, 3.63) is 17.5 Å². The Morgan fingerprint density at radius 1 is 1.75 bits per heavy atom. The van der Waals surface area contributed by atoms with Crippen molar-refractivity contribution >= 4 is 5.97 Å². The smallest absolute Gasteiger partial charge is 0.356 e. The van der Waals surface area contributed by atoms with Crippen molar-refractivity contribution in [1.82, 2.24) is 15.5 Å². The molecule has 0 aromatic carbocycles. The molecule has 88 valence electrons. The van der Waals surface area contributed by atoms with Gasteiger partial charge in [0.1, 0.15) is 5.69 Å². The molecule has 16 heavy (non-hydrogen) atoms. The molecule has 1 aromatic rings. The lowest BCUT2D eigenvalue weighted by atomic mass is 10.2. The van der Waals surface area contributed by atoms with Crippen LogP contribution < -0.4 is 5.32 Å². The minimum Gasteiger partial charge on any atom is -0.461 e. The van der Waals surface area contributed by atoms with Gasteiger partial charge in [0.05, 0.1) is 12.8 Å². The number of rotatable bonds is 5. The van der Waals surface area contributed by atoms with E-state index in [1.807, 2.05) is 0 Å². The van der Waals surface area contributed by atoms with E-state index in [1.165, 1.54) is 6.42 Å². The number of hydrogen-bond donors (Lipinski definition) is 2. The molecule has 1 saturated carbocycles. The van der Waals surface area contributed by atoms with E-state index in [0.717, 1.165) is 11.5 Å². The highest BCUT2D eigenvalue weighted by Crippen LogP contribution is 2.29. The van der Waals surface area contributed by atoms with Crippen molar-refractivity contribution < 1.29 is 9.53 Å². The predicted molar refractivity (Wildman–Crippen MR) is 59.0 cm³/mol. The van der Waals surface area contributed by atoms with E-state index < -0.39 is 0 Å². The molecule has 1 heterocycles. The van der Waals surface area contributed by atoms with Gasteiger partial charge in [0.25, 0.3) is 0 Å². The fraction of sp³-hybridized carbons (Fsp3) is 0.636. The number of nitrogens with one attached hydrogen (secondary N) is 2. The molecular weight excluding hydrogens is 206 g/mol. The summed E-state index contributed by atoms with van der Waals surface area (Å²) in [6, 6.07) is 0.588. The van der Waals surface area contributed by atoms with Gasteiger partial charge in [-0.1, -0.05) is 6.92 Å². The van der Waals surface area contributed by atoms with Crippen molar-refractivity contribution in [1.29, 1.82) is 0 Å².